The monoisotopic (exact) mass is 379 g/mol. The van der Waals surface area contributed by atoms with E-state index in [-0.39, 0.29) is 5.91 Å². The third kappa shape index (κ3) is 2.82. The van der Waals surface area contributed by atoms with Gasteiger partial charge in [-0.05, 0) is 41.7 Å². The SMILES string of the molecule is CN1CCc2ccc(C(=O)N3CCN(c4nsc5ccccc45)CC3)nc21. The summed E-state index contributed by atoms with van der Waals surface area (Å²) in [6, 6.07) is 12.2. The molecular formula is C20H21N5OS. The topological polar surface area (TPSA) is 52.6 Å². The standard InChI is InChI=1S/C20H21N5OS/c1-23-9-8-14-6-7-16(21-18(14)23)20(26)25-12-10-24(11-13-25)19-15-4-2-3-5-17(15)27-22-19/h2-7H,8-13H2,1H3. The molecule has 0 bridgehead atoms. The van der Waals surface area contributed by atoms with Crippen molar-refractivity contribution in [3.63, 3.8) is 0 Å². The van der Waals surface area contributed by atoms with E-state index in [0.29, 0.717) is 18.8 Å². The Bertz CT molecular complexity index is 1010. The number of nitrogens with zero attached hydrogens (tertiary/aromatic N) is 5. The average molecular weight is 379 g/mol. The van der Waals surface area contributed by atoms with E-state index in [2.05, 4.69) is 43.4 Å². The maximum Gasteiger partial charge on any atom is 0.272 e. The van der Waals surface area contributed by atoms with Crippen LogP contribution in [0.4, 0.5) is 11.6 Å². The molecule has 1 saturated heterocycles. The third-order valence-electron chi connectivity index (χ3n) is 5.48. The van der Waals surface area contributed by atoms with Crippen molar-refractivity contribution in [3.05, 3.63) is 47.7 Å². The Kier molecular flexibility index (Phi) is 3.97. The summed E-state index contributed by atoms with van der Waals surface area (Å²) in [7, 11) is 2.03. The van der Waals surface area contributed by atoms with Gasteiger partial charge in [0.15, 0.2) is 0 Å². The van der Waals surface area contributed by atoms with Crippen molar-refractivity contribution in [1.82, 2.24) is 14.3 Å². The number of carbonyl (C=O) groups excluding carboxylic acids is 1. The van der Waals surface area contributed by atoms with Gasteiger partial charge in [0.2, 0.25) is 0 Å². The number of hydrogen-bond donors (Lipinski definition) is 0. The minimum Gasteiger partial charge on any atom is -0.359 e. The van der Waals surface area contributed by atoms with E-state index in [0.717, 1.165) is 37.7 Å². The Labute approximate surface area is 162 Å². The summed E-state index contributed by atoms with van der Waals surface area (Å²) in [5.41, 5.74) is 1.78. The molecule has 0 saturated carbocycles. The van der Waals surface area contributed by atoms with Crippen LogP contribution in [-0.4, -0.2) is 59.9 Å². The molecule has 4 heterocycles. The summed E-state index contributed by atoms with van der Waals surface area (Å²) in [6.07, 6.45) is 1.01. The van der Waals surface area contributed by atoms with Gasteiger partial charge in [-0.1, -0.05) is 18.2 Å². The quantitative estimate of drug-likeness (QED) is 0.685. The maximum absolute atomic E-state index is 12.9. The van der Waals surface area contributed by atoms with E-state index in [1.165, 1.54) is 27.2 Å². The van der Waals surface area contributed by atoms with E-state index in [1.807, 2.05) is 24.1 Å². The zero-order valence-corrected chi connectivity index (χ0v) is 16.1. The zero-order chi connectivity index (χ0) is 18.4. The van der Waals surface area contributed by atoms with E-state index in [4.69, 9.17) is 0 Å². The fourth-order valence-corrected chi connectivity index (χ4v) is 4.70. The molecule has 7 heteroatoms. The fourth-order valence-electron chi connectivity index (χ4n) is 3.90. The fraction of sp³-hybridized carbons (Fsp3) is 0.350. The Hall–Kier alpha value is -2.67. The number of benzene rings is 1. The molecule has 3 aromatic rings. The lowest BCUT2D eigenvalue weighted by atomic mass is 10.2. The largest absolute Gasteiger partial charge is 0.359 e. The Balaban J connectivity index is 1.30. The molecule has 1 aromatic carbocycles. The molecule has 0 atom stereocenters. The van der Waals surface area contributed by atoms with Gasteiger partial charge in [-0.2, -0.15) is 4.37 Å². The number of likely N-dealkylation sites (N-methyl/N-ethyl adjacent to an activating group) is 1. The number of aromatic nitrogens is 2. The van der Waals surface area contributed by atoms with Gasteiger partial charge in [0.25, 0.3) is 5.91 Å². The average Bonchev–Trinajstić information content (AvgIpc) is 3.31. The van der Waals surface area contributed by atoms with E-state index in [9.17, 15) is 4.79 Å². The highest BCUT2D eigenvalue weighted by molar-refractivity contribution is 7.13. The number of amides is 1. The minimum atomic E-state index is 0.0286. The van der Waals surface area contributed by atoms with Gasteiger partial charge in [0, 0.05) is 45.2 Å². The summed E-state index contributed by atoms with van der Waals surface area (Å²) in [4.78, 5) is 23.9. The van der Waals surface area contributed by atoms with Crippen molar-refractivity contribution in [2.75, 3.05) is 49.6 Å². The lowest BCUT2D eigenvalue weighted by Crippen LogP contribution is -2.49. The number of carbonyl (C=O) groups is 1. The molecule has 0 unspecified atom stereocenters. The lowest BCUT2D eigenvalue weighted by Gasteiger charge is -2.35. The second kappa shape index (κ2) is 6.49. The Morgan fingerprint density at radius 1 is 1.00 bits per heavy atom. The molecule has 27 heavy (non-hydrogen) atoms. The van der Waals surface area contributed by atoms with Crippen LogP contribution in [0.15, 0.2) is 36.4 Å². The van der Waals surface area contributed by atoms with Gasteiger partial charge in [-0.25, -0.2) is 4.98 Å². The second-order valence-electron chi connectivity index (χ2n) is 7.13. The van der Waals surface area contributed by atoms with Crippen LogP contribution in [0, 0.1) is 0 Å². The highest BCUT2D eigenvalue weighted by Crippen LogP contribution is 2.30. The maximum atomic E-state index is 12.9. The molecule has 6 nitrogen and oxygen atoms in total. The molecule has 2 aromatic heterocycles. The van der Waals surface area contributed by atoms with Gasteiger partial charge in [-0.3, -0.25) is 4.79 Å². The van der Waals surface area contributed by atoms with Crippen LogP contribution in [0.25, 0.3) is 10.1 Å². The summed E-state index contributed by atoms with van der Waals surface area (Å²) in [5.74, 6) is 2.02. The first-order valence-corrected chi connectivity index (χ1v) is 10.1. The highest BCUT2D eigenvalue weighted by atomic mass is 32.1. The first-order valence-electron chi connectivity index (χ1n) is 9.30. The van der Waals surface area contributed by atoms with Gasteiger partial charge < -0.3 is 14.7 Å². The molecule has 5 rings (SSSR count). The zero-order valence-electron chi connectivity index (χ0n) is 15.3. The predicted octanol–water partition coefficient (Wildman–Crippen LogP) is 2.65. The molecule has 138 valence electrons. The smallest absolute Gasteiger partial charge is 0.272 e. The number of hydrogen-bond acceptors (Lipinski definition) is 6. The van der Waals surface area contributed by atoms with Gasteiger partial charge in [0.05, 0.1) is 4.70 Å². The number of anilines is 2. The van der Waals surface area contributed by atoms with Gasteiger partial charge >= 0.3 is 0 Å². The third-order valence-corrected chi connectivity index (χ3v) is 6.29. The Morgan fingerprint density at radius 2 is 1.81 bits per heavy atom. The van der Waals surface area contributed by atoms with Crippen LogP contribution in [-0.2, 0) is 6.42 Å². The molecule has 0 spiro atoms. The molecule has 0 aliphatic carbocycles. The van der Waals surface area contributed by atoms with Gasteiger partial charge in [0.1, 0.15) is 17.3 Å². The Morgan fingerprint density at radius 3 is 2.67 bits per heavy atom. The number of fused-ring (bicyclic) bond motifs is 2. The van der Waals surface area contributed by atoms with E-state index < -0.39 is 0 Å². The molecule has 0 radical (unpaired) electrons. The number of pyridine rings is 1. The van der Waals surface area contributed by atoms with Crippen LogP contribution < -0.4 is 9.80 Å². The molecular weight excluding hydrogens is 358 g/mol. The molecule has 0 N–H and O–H groups in total. The molecule has 1 fully saturated rings. The molecule has 2 aliphatic heterocycles. The molecule has 2 aliphatic rings. The first-order chi connectivity index (χ1) is 13.2. The van der Waals surface area contributed by atoms with E-state index in [1.54, 1.807) is 0 Å². The van der Waals surface area contributed by atoms with Crippen molar-refractivity contribution in [3.8, 4) is 0 Å². The summed E-state index contributed by atoms with van der Waals surface area (Å²) >= 11 is 1.54. The second-order valence-corrected chi connectivity index (χ2v) is 7.94. The van der Waals surface area contributed by atoms with Crippen molar-refractivity contribution in [2.24, 2.45) is 0 Å². The van der Waals surface area contributed by atoms with Crippen molar-refractivity contribution in [2.45, 2.75) is 6.42 Å². The minimum absolute atomic E-state index is 0.0286. The van der Waals surface area contributed by atoms with Crippen LogP contribution in [0.3, 0.4) is 0 Å². The lowest BCUT2D eigenvalue weighted by molar-refractivity contribution is 0.0741. The summed E-state index contributed by atoms with van der Waals surface area (Å²) < 4.78 is 5.85. The van der Waals surface area contributed by atoms with Gasteiger partial charge in [-0.15, -0.1) is 0 Å². The predicted molar refractivity (Wildman–Crippen MR) is 109 cm³/mol. The highest BCUT2D eigenvalue weighted by Gasteiger charge is 2.26. The van der Waals surface area contributed by atoms with Crippen molar-refractivity contribution in [1.29, 1.82) is 0 Å². The number of piperazine rings is 1. The van der Waals surface area contributed by atoms with Crippen LogP contribution in [0.1, 0.15) is 16.1 Å². The molecule has 1 amide bonds. The number of rotatable bonds is 2. The normalized spacial score (nSPS) is 16.9. The summed E-state index contributed by atoms with van der Waals surface area (Å²) in [6.45, 7) is 3.95. The van der Waals surface area contributed by atoms with Crippen molar-refractivity contribution >= 4 is 39.2 Å². The van der Waals surface area contributed by atoms with Crippen LogP contribution in [0.2, 0.25) is 0 Å². The van der Waals surface area contributed by atoms with Crippen LogP contribution in [0.5, 0.6) is 0 Å². The first kappa shape index (κ1) is 16.5. The van der Waals surface area contributed by atoms with E-state index >= 15 is 0 Å². The van der Waals surface area contributed by atoms with Crippen LogP contribution >= 0.6 is 11.5 Å². The summed E-state index contributed by atoms with van der Waals surface area (Å²) in [5, 5.41) is 1.20. The van der Waals surface area contributed by atoms with Crippen molar-refractivity contribution < 1.29 is 4.79 Å².